The predicted molar refractivity (Wildman–Crippen MR) is 82.2 cm³/mol. The Bertz CT molecular complexity index is 582. The fourth-order valence-electron chi connectivity index (χ4n) is 2.07. The zero-order valence-corrected chi connectivity index (χ0v) is 11.9. The largest absolute Gasteiger partial charge is 0.389 e. The third kappa shape index (κ3) is 3.46. The summed E-state index contributed by atoms with van der Waals surface area (Å²) in [5.41, 5.74) is 4.31. The molecule has 2 rings (SSSR count). The maximum absolute atomic E-state index is 9.36. The first-order valence-corrected chi connectivity index (χ1v) is 6.67. The van der Waals surface area contributed by atoms with Gasteiger partial charge in [0.2, 0.25) is 0 Å². The fraction of sp³-hybridized carbons (Fsp3) is 0.176. The molecule has 0 spiro atoms. The first-order valence-electron chi connectivity index (χ1n) is 6.30. The summed E-state index contributed by atoms with van der Waals surface area (Å²) in [6.07, 6.45) is 1.41. The van der Waals surface area contributed by atoms with Crippen LogP contribution in [0.1, 0.15) is 19.4 Å². The molecule has 2 aromatic carbocycles. The summed E-state index contributed by atoms with van der Waals surface area (Å²) < 4.78 is 0. The van der Waals surface area contributed by atoms with E-state index in [0.717, 1.165) is 27.3 Å². The van der Waals surface area contributed by atoms with E-state index in [1.165, 1.54) is 0 Å². The Hall–Kier alpha value is -1.57. The molecule has 0 aliphatic rings. The van der Waals surface area contributed by atoms with Gasteiger partial charge in [-0.05, 0) is 36.6 Å². The highest BCUT2D eigenvalue weighted by molar-refractivity contribution is 6.33. The van der Waals surface area contributed by atoms with Crippen LogP contribution in [0.2, 0.25) is 5.02 Å². The van der Waals surface area contributed by atoms with Crippen LogP contribution < -0.4 is 0 Å². The van der Waals surface area contributed by atoms with Gasteiger partial charge in [-0.25, -0.2) is 0 Å². The summed E-state index contributed by atoms with van der Waals surface area (Å²) in [5.74, 6) is 0. The number of allylic oxidation sites excluding steroid dienone is 1. The number of halogens is 1. The van der Waals surface area contributed by atoms with Crippen molar-refractivity contribution in [3.8, 4) is 11.1 Å². The molecule has 0 radical (unpaired) electrons. The topological polar surface area (TPSA) is 20.2 Å². The molecule has 0 heterocycles. The zero-order valence-electron chi connectivity index (χ0n) is 11.1. The van der Waals surface area contributed by atoms with Crippen LogP contribution in [-0.4, -0.2) is 11.2 Å². The van der Waals surface area contributed by atoms with Gasteiger partial charge in [0, 0.05) is 10.6 Å². The summed E-state index contributed by atoms with van der Waals surface area (Å²) in [7, 11) is 0. The van der Waals surface area contributed by atoms with Crippen molar-refractivity contribution in [3.05, 3.63) is 65.2 Å². The van der Waals surface area contributed by atoms with Crippen LogP contribution in [0.3, 0.4) is 0 Å². The Balaban J connectivity index is 2.32. The third-order valence-corrected chi connectivity index (χ3v) is 3.35. The number of benzene rings is 2. The molecular formula is C17H17ClO. The summed E-state index contributed by atoms with van der Waals surface area (Å²) in [6.45, 7) is 3.75. The third-order valence-electron chi connectivity index (χ3n) is 3.02. The Labute approximate surface area is 119 Å². The van der Waals surface area contributed by atoms with E-state index in [4.69, 9.17) is 11.6 Å². The van der Waals surface area contributed by atoms with Gasteiger partial charge in [-0.2, -0.15) is 0 Å². The second kappa shape index (κ2) is 6.05. The van der Waals surface area contributed by atoms with Gasteiger partial charge in [0.25, 0.3) is 0 Å². The Morgan fingerprint density at radius 3 is 2.32 bits per heavy atom. The number of aliphatic hydroxyl groups is 1. The molecule has 1 atom stereocenters. The average Bonchev–Trinajstić information content (AvgIpc) is 2.39. The molecule has 1 unspecified atom stereocenters. The van der Waals surface area contributed by atoms with Crippen molar-refractivity contribution in [2.75, 3.05) is 0 Å². The molecule has 0 aliphatic heterocycles. The minimum Gasteiger partial charge on any atom is -0.389 e. The maximum atomic E-state index is 9.36. The highest BCUT2D eigenvalue weighted by Crippen LogP contribution is 2.28. The van der Waals surface area contributed by atoms with Crippen LogP contribution in [0.4, 0.5) is 0 Å². The van der Waals surface area contributed by atoms with E-state index >= 15 is 0 Å². The average molecular weight is 273 g/mol. The Morgan fingerprint density at radius 1 is 1.11 bits per heavy atom. The SMILES string of the molecule is CC(=CC(C)O)c1ccc(-c2ccccc2Cl)cc1. The van der Waals surface area contributed by atoms with Gasteiger partial charge in [-0.1, -0.05) is 60.1 Å². The number of rotatable bonds is 3. The van der Waals surface area contributed by atoms with Crippen LogP contribution in [0, 0.1) is 0 Å². The molecule has 0 saturated heterocycles. The lowest BCUT2D eigenvalue weighted by Crippen LogP contribution is -1.94. The van der Waals surface area contributed by atoms with Crippen molar-refractivity contribution in [1.29, 1.82) is 0 Å². The van der Waals surface area contributed by atoms with Crippen molar-refractivity contribution in [1.82, 2.24) is 0 Å². The van der Waals surface area contributed by atoms with Crippen molar-refractivity contribution in [2.24, 2.45) is 0 Å². The van der Waals surface area contributed by atoms with E-state index in [2.05, 4.69) is 12.1 Å². The lowest BCUT2D eigenvalue weighted by Gasteiger charge is -2.07. The molecule has 1 nitrogen and oxygen atoms in total. The van der Waals surface area contributed by atoms with E-state index in [1.54, 1.807) is 6.92 Å². The summed E-state index contributed by atoms with van der Waals surface area (Å²) >= 11 is 6.19. The van der Waals surface area contributed by atoms with Gasteiger partial charge >= 0.3 is 0 Å². The van der Waals surface area contributed by atoms with E-state index in [0.29, 0.717) is 0 Å². The molecule has 0 aliphatic carbocycles. The Morgan fingerprint density at radius 2 is 1.74 bits per heavy atom. The summed E-state index contributed by atoms with van der Waals surface area (Å²) in [4.78, 5) is 0. The molecular weight excluding hydrogens is 256 g/mol. The van der Waals surface area contributed by atoms with Crippen LogP contribution in [0.25, 0.3) is 16.7 Å². The van der Waals surface area contributed by atoms with Gasteiger partial charge in [0.15, 0.2) is 0 Å². The standard InChI is InChI=1S/C17H17ClO/c1-12(11-13(2)19)14-7-9-15(10-8-14)16-5-3-4-6-17(16)18/h3-11,13,19H,1-2H3. The van der Waals surface area contributed by atoms with Gasteiger partial charge in [0.1, 0.15) is 0 Å². The van der Waals surface area contributed by atoms with Crippen molar-refractivity contribution >= 4 is 17.2 Å². The molecule has 2 heteroatoms. The molecule has 0 bridgehead atoms. The minimum atomic E-state index is -0.428. The second-order valence-corrected chi connectivity index (χ2v) is 5.05. The molecule has 0 aromatic heterocycles. The lowest BCUT2D eigenvalue weighted by atomic mass is 10.0. The van der Waals surface area contributed by atoms with Gasteiger partial charge < -0.3 is 5.11 Å². The zero-order chi connectivity index (χ0) is 13.8. The summed E-state index contributed by atoms with van der Waals surface area (Å²) in [6, 6.07) is 16.0. The van der Waals surface area contributed by atoms with Gasteiger partial charge in [0.05, 0.1) is 6.10 Å². The first kappa shape index (κ1) is 13.9. The van der Waals surface area contributed by atoms with Crippen LogP contribution in [-0.2, 0) is 0 Å². The van der Waals surface area contributed by atoms with Crippen LogP contribution >= 0.6 is 11.6 Å². The monoisotopic (exact) mass is 272 g/mol. The van der Waals surface area contributed by atoms with Gasteiger partial charge in [-0.15, -0.1) is 0 Å². The molecule has 19 heavy (non-hydrogen) atoms. The van der Waals surface area contributed by atoms with Crippen molar-refractivity contribution < 1.29 is 5.11 Å². The van der Waals surface area contributed by atoms with E-state index in [-0.39, 0.29) is 0 Å². The lowest BCUT2D eigenvalue weighted by molar-refractivity contribution is 0.244. The molecule has 98 valence electrons. The molecule has 2 aromatic rings. The molecule has 1 N–H and O–H groups in total. The van der Waals surface area contributed by atoms with E-state index < -0.39 is 6.10 Å². The molecule has 0 saturated carbocycles. The van der Waals surface area contributed by atoms with Crippen molar-refractivity contribution in [2.45, 2.75) is 20.0 Å². The van der Waals surface area contributed by atoms with Crippen molar-refractivity contribution in [3.63, 3.8) is 0 Å². The quantitative estimate of drug-likeness (QED) is 0.852. The van der Waals surface area contributed by atoms with Crippen LogP contribution in [0.15, 0.2) is 54.6 Å². The molecule has 0 fully saturated rings. The highest BCUT2D eigenvalue weighted by Gasteiger charge is 2.03. The summed E-state index contributed by atoms with van der Waals surface area (Å²) in [5, 5.41) is 10.1. The smallest absolute Gasteiger partial charge is 0.0698 e. The predicted octanol–water partition coefficient (Wildman–Crippen LogP) is 4.79. The second-order valence-electron chi connectivity index (χ2n) is 4.65. The first-order chi connectivity index (χ1) is 9.08. The van der Waals surface area contributed by atoms with E-state index in [9.17, 15) is 5.11 Å². The highest BCUT2D eigenvalue weighted by atomic mass is 35.5. The van der Waals surface area contributed by atoms with Gasteiger partial charge in [-0.3, -0.25) is 0 Å². The minimum absolute atomic E-state index is 0.428. The fourth-order valence-corrected chi connectivity index (χ4v) is 2.31. The van der Waals surface area contributed by atoms with E-state index in [1.807, 2.05) is 49.4 Å². The van der Waals surface area contributed by atoms with Crippen LogP contribution in [0.5, 0.6) is 0 Å². The number of aliphatic hydroxyl groups excluding tert-OH is 1. The maximum Gasteiger partial charge on any atom is 0.0698 e. The number of hydrogen-bond donors (Lipinski definition) is 1. The normalized spacial score (nSPS) is 13.4. The molecule has 0 amide bonds. The Kier molecular flexibility index (Phi) is 4.41. The number of hydrogen-bond acceptors (Lipinski definition) is 1.